The molecule has 0 aliphatic heterocycles. The van der Waals surface area contributed by atoms with E-state index < -0.39 is 0 Å². The number of nitrogens with zero attached hydrogens (tertiary/aromatic N) is 2. The Morgan fingerprint density at radius 2 is 2.55 bits per heavy atom. The third-order valence-corrected chi connectivity index (χ3v) is 1.86. The molecule has 0 unspecified atom stereocenters. The fraction of sp³-hybridized carbons (Fsp3) is 0.333. The largest absolute Gasteiger partial charge is 0.322 e. The summed E-state index contributed by atoms with van der Waals surface area (Å²) in [6.45, 7) is 3.54. The van der Waals surface area contributed by atoms with E-state index in [0.29, 0.717) is 5.17 Å². The van der Waals surface area contributed by atoms with Crippen molar-refractivity contribution in [1.29, 1.82) is 5.41 Å². The van der Waals surface area contributed by atoms with Gasteiger partial charge in [0, 0.05) is 12.8 Å². The number of amidine groups is 1. The molecular weight excluding hydrogens is 160 g/mol. The molecule has 0 aliphatic rings. The predicted molar refractivity (Wildman–Crippen MR) is 50.8 cm³/mol. The Labute approximate surface area is 70.6 Å². The maximum absolute atomic E-state index is 7.40. The van der Waals surface area contributed by atoms with E-state index >= 15 is 0 Å². The van der Waals surface area contributed by atoms with Gasteiger partial charge in [-0.2, -0.15) is 5.10 Å². The summed E-state index contributed by atoms with van der Waals surface area (Å²) in [6, 6.07) is 0. The van der Waals surface area contributed by atoms with Gasteiger partial charge in [-0.3, -0.25) is 5.41 Å². The van der Waals surface area contributed by atoms with Crippen LogP contribution in [0.15, 0.2) is 17.8 Å². The van der Waals surface area contributed by atoms with Crippen molar-refractivity contribution in [2.24, 2.45) is 10.9 Å². The summed E-state index contributed by atoms with van der Waals surface area (Å²) in [6.07, 6.45) is 3.13. The van der Waals surface area contributed by atoms with Crippen LogP contribution < -0.4 is 5.84 Å². The van der Waals surface area contributed by atoms with Crippen molar-refractivity contribution in [3.8, 4) is 0 Å². The molecular formula is C6H12N4S. The molecule has 0 bridgehead atoms. The van der Waals surface area contributed by atoms with Crippen molar-refractivity contribution >= 4 is 23.3 Å². The van der Waals surface area contributed by atoms with E-state index in [0.717, 1.165) is 5.75 Å². The van der Waals surface area contributed by atoms with Crippen molar-refractivity contribution in [2.75, 3.05) is 12.8 Å². The van der Waals surface area contributed by atoms with E-state index in [1.807, 2.05) is 0 Å². The average Bonchev–Trinajstić information content (AvgIpc) is 2.00. The van der Waals surface area contributed by atoms with Crippen molar-refractivity contribution in [3.05, 3.63) is 12.7 Å². The first-order valence-electron chi connectivity index (χ1n) is 3.00. The summed E-state index contributed by atoms with van der Waals surface area (Å²) in [4.78, 5) is 1.54. The summed E-state index contributed by atoms with van der Waals surface area (Å²) in [5, 5.41) is 11.1. The molecule has 0 heterocycles. The van der Waals surface area contributed by atoms with Gasteiger partial charge in [0.15, 0.2) is 5.17 Å². The molecule has 62 valence electrons. The molecule has 5 heteroatoms. The molecule has 0 radical (unpaired) electrons. The van der Waals surface area contributed by atoms with Gasteiger partial charge in [-0.1, -0.05) is 17.8 Å². The smallest absolute Gasteiger partial charge is 0.161 e. The Hall–Kier alpha value is -0.970. The number of thioether (sulfide) groups is 1. The van der Waals surface area contributed by atoms with Crippen LogP contribution in [0.5, 0.6) is 0 Å². The Morgan fingerprint density at radius 3 is 3.00 bits per heavy atom. The van der Waals surface area contributed by atoms with Crippen molar-refractivity contribution in [3.63, 3.8) is 0 Å². The molecule has 0 aliphatic carbocycles. The van der Waals surface area contributed by atoms with Gasteiger partial charge < -0.3 is 10.7 Å². The number of nitrogens with one attached hydrogen (secondary N) is 1. The van der Waals surface area contributed by atoms with Crippen LogP contribution >= 0.6 is 11.8 Å². The average molecular weight is 172 g/mol. The minimum absolute atomic E-state index is 0.402. The van der Waals surface area contributed by atoms with E-state index in [9.17, 15) is 0 Å². The lowest BCUT2D eigenvalue weighted by Gasteiger charge is -2.11. The number of hydrogen-bond donors (Lipinski definition) is 2. The second-order valence-corrected chi connectivity index (χ2v) is 2.79. The normalized spacial score (nSPS) is 9.91. The fourth-order valence-corrected chi connectivity index (χ4v) is 0.919. The van der Waals surface area contributed by atoms with Crippen LogP contribution in [0.3, 0.4) is 0 Å². The molecule has 0 aromatic carbocycles. The standard InChI is InChI=1S/C6H12N4S/c1-3-4-11-6(7)10(2)5-9-8/h3,5,7H,1,4,8H2,2H3/b7-6?,9-5-. The molecule has 0 spiro atoms. The van der Waals surface area contributed by atoms with Gasteiger partial charge in [-0.15, -0.1) is 6.58 Å². The van der Waals surface area contributed by atoms with E-state index in [2.05, 4.69) is 11.7 Å². The molecule has 4 nitrogen and oxygen atoms in total. The van der Waals surface area contributed by atoms with Gasteiger partial charge in [0.05, 0.1) is 0 Å². The summed E-state index contributed by atoms with van der Waals surface area (Å²) in [5.41, 5.74) is 0. The molecule has 0 rings (SSSR count). The van der Waals surface area contributed by atoms with Gasteiger partial charge in [-0.05, 0) is 0 Å². The van der Waals surface area contributed by atoms with Gasteiger partial charge in [-0.25, -0.2) is 0 Å². The Morgan fingerprint density at radius 1 is 1.91 bits per heavy atom. The number of rotatable bonds is 3. The number of hydrazone groups is 1. The maximum Gasteiger partial charge on any atom is 0.161 e. The molecule has 11 heavy (non-hydrogen) atoms. The summed E-state index contributed by atoms with van der Waals surface area (Å²) in [5.74, 6) is 5.62. The molecule has 0 aromatic rings. The van der Waals surface area contributed by atoms with Crippen molar-refractivity contribution < 1.29 is 0 Å². The molecule has 0 fully saturated rings. The quantitative estimate of drug-likeness (QED) is 0.216. The van der Waals surface area contributed by atoms with Crippen LogP contribution in [-0.2, 0) is 0 Å². The Kier molecular flexibility index (Phi) is 5.28. The lowest BCUT2D eigenvalue weighted by atomic mass is 10.8. The van der Waals surface area contributed by atoms with Gasteiger partial charge in [0.1, 0.15) is 6.34 Å². The molecule has 3 N–H and O–H groups in total. The highest BCUT2D eigenvalue weighted by Crippen LogP contribution is 2.03. The first-order valence-corrected chi connectivity index (χ1v) is 3.99. The molecule has 0 amide bonds. The lowest BCUT2D eigenvalue weighted by molar-refractivity contribution is 0.782. The molecule has 0 aromatic heterocycles. The van der Waals surface area contributed by atoms with E-state index in [4.69, 9.17) is 11.3 Å². The third kappa shape index (κ3) is 4.44. The highest BCUT2D eigenvalue weighted by atomic mass is 32.2. The van der Waals surface area contributed by atoms with Crippen LogP contribution in [0, 0.1) is 5.41 Å². The van der Waals surface area contributed by atoms with Gasteiger partial charge >= 0.3 is 0 Å². The van der Waals surface area contributed by atoms with Gasteiger partial charge in [0.25, 0.3) is 0 Å². The summed E-state index contributed by atoms with van der Waals surface area (Å²) < 4.78 is 0. The Bertz CT molecular complexity index is 166. The Balaban J connectivity index is 3.72. The molecule has 0 atom stereocenters. The number of hydrogen-bond acceptors (Lipinski definition) is 4. The lowest BCUT2D eigenvalue weighted by Crippen LogP contribution is -2.22. The third-order valence-electron chi connectivity index (χ3n) is 0.898. The fourth-order valence-electron chi connectivity index (χ4n) is 0.392. The molecule has 0 saturated heterocycles. The summed E-state index contributed by atoms with van der Waals surface area (Å²) >= 11 is 1.37. The predicted octanol–water partition coefficient (Wildman–Crippen LogP) is 0.674. The van der Waals surface area contributed by atoms with E-state index in [-0.39, 0.29) is 0 Å². The summed E-state index contributed by atoms with van der Waals surface area (Å²) in [7, 11) is 1.72. The molecule has 0 saturated carbocycles. The SMILES string of the molecule is C=CCSC(=N)N(C)/C=N\N. The van der Waals surface area contributed by atoms with Crippen LogP contribution in [0.25, 0.3) is 0 Å². The number of nitrogens with two attached hydrogens (primary N) is 1. The highest BCUT2D eigenvalue weighted by Gasteiger charge is 1.99. The van der Waals surface area contributed by atoms with Crippen LogP contribution in [0.2, 0.25) is 0 Å². The van der Waals surface area contributed by atoms with E-state index in [1.54, 1.807) is 13.1 Å². The van der Waals surface area contributed by atoms with Crippen LogP contribution in [0.4, 0.5) is 0 Å². The minimum Gasteiger partial charge on any atom is -0.322 e. The van der Waals surface area contributed by atoms with E-state index in [1.165, 1.54) is 23.0 Å². The monoisotopic (exact) mass is 172 g/mol. The zero-order chi connectivity index (χ0) is 8.69. The van der Waals surface area contributed by atoms with Crippen molar-refractivity contribution in [2.45, 2.75) is 0 Å². The second kappa shape index (κ2) is 5.79. The highest BCUT2D eigenvalue weighted by molar-refractivity contribution is 8.13. The second-order valence-electron chi connectivity index (χ2n) is 1.78. The zero-order valence-corrected chi connectivity index (χ0v) is 7.27. The topological polar surface area (TPSA) is 65.5 Å². The minimum atomic E-state index is 0.402. The first kappa shape index (κ1) is 10.0. The van der Waals surface area contributed by atoms with Gasteiger partial charge in [0.2, 0.25) is 0 Å². The van der Waals surface area contributed by atoms with Crippen molar-refractivity contribution in [1.82, 2.24) is 4.90 Å². The van der Waals surface area contributed by atoms with Crippen LogP contribution in [-0.4, -0.2) is 29.2 Å². The zero-order valence-electron chi connectivity index (χ0n) is 6.45. The van der Waals surface area contributed by atoms with Crippen LogP contribution in [0.1, 0.15) is 0 Å². The maximum atomic E-state index is 7.40. The first-order chi connectivity index (χ1) is 5.22.